The predicted molar refractivity (Wildman–Crippen MR) is 391 cm³/mol. The molecule has 0 aliphatic heterocycles. The normalized spacial score (nSPS) is 14.1. The Labute approximate surface area is 588 Å². The molecule has 0 aromatic heterocycles. The monoisotopic (exact) mass is 1410 g/mol. The molecule has 3 N–H and O–H groups in total. The van der Waals surface area contributed by atoms with Crippen LogP contribution in [0.25, 0.3) is 0 Å². The number of ether oxygens (including phenoxy) is 4. The smallest absolute Gasteiger partial charge is 0.462 e. The second-order valence-corrected chi connectivity index (χ2v) is 32.1. The van der Waals surface area contributed by atoms with E-state index in [9.17, 15) is 43.2 Å². The summed E-state index contributed by atoms with van der Waals surface area (Å²) in [6.07, 6.45) is 54.4. The molecule has 0 saturated carbocycles. The average Bonchev–Trinajstić information content (AvgIpc) is 1.19. The van der Waals surface area contributed by atoms with Gasteiger partial charge in [-0.3, -0.25) is 37.3 Å². The Morgan fingerprint density at radius 2 is 0.479 bits per heavy atom. The molecule has 570 valence electrons. The van der Waals surface area contributed by atoms with Gasteiger partial charge >= 0.3 is 39.5 Å². The number of hydrogen-bond acceptors (Lipinski definition) is 15. The van der Waals surface area contributed by atoms with Gasteiger partial charge in [-0.15, -0.1) is 0 Å². The minimum absolute atomic E-state index is 0.105. The van der Waals surface area contributed by atoms with Gasteiger partial charge in [-0.05, 0) is 43.4 Å². The molecule has 2 unspecified atom stereocenters. The zero-order valence-electron chi connectivity index (χ0n) is 62.8. The highest BCUT2D eigenvalue weighted by Crippen LogP contribution is 2.45. The van der Waals surface area contributed by atoms with Crippen molar-refractivity contribution in [2.45, 2.75) is 414 Å². The Bertz CT molecular complexity index is 1870. The lowest BCUT2D eigenvalue weighted by molar-refractivity contribution is -0.161. The highest BCUT2D eigenvalue weighted by molar-refractivity contribution is 7.47. The van der Waals surface area contributed by atoms with Crippen LogP contribution < -0.4 is 0 Å². The first-order valence-electron chi connectivity index (χ1n) is 39.8. The van der Waals surface area contributed by atoms with Crippen molar-refractivity contribution >= 4 is 39.5 Å². The van der Waals surface area contributed by atoms with E-state index >= 15 is 0 Å². The second-order valence-electron chi connectivity index (χ2n) is 29.2. The van der Waals surface area contributed by atoms with Crippen LogP contribution in [-0.4, -0.2) is 96.7 Å². The van der Waals surface area contributed by atoms with E-state index in [-0.39, 0.29) is 25.7 Å². The van der Waals surface area contributed by atoms with Crippen molar-refractivity contribution in [2.75, 3.05) is 39.6 Å². The van der Waals surface area contributed by atoms with E-state index in [1.165, 1.54) is 193 Å². The van der Waals surface area contributed by atoms with Crippen LogP contribution >= 0.6 is 15.6 Å². The first kappa shape index (κ1) is 94.1. The van der Waals surface area contributed by atoms with Crippen molar-refractivity contribution in [2.24, 2.45) is 17.8 Å². The zero-order valence-corrected chi connectivity index (χ0v) is 64.6. The van der Waals surface area contributed by atoms with Gasteiger partial charge in [0, 0.05) is 25.7 Å². The molecule has 19 heteroatoms. The van der Waals surface area contributed by atoms with Gasteiger partial charge in [0.2, 0.25) is 0 Å². The minimum Gasteiger partial charge on any atom is -0.462 e. The summed E-state index contributed by atoms with van der Waals surface area (Å²) >= 11 is 0. The Hall–Kier alpha value is -1.94. The van der Waals surface area contributed by atoms with E-state index in [2.05, 4.69) is 48.5 Å². The maximum absolute atomic E-state index is 13.1. The summed E-state index contributed by atoms with van der Waals surface area (Å²) in [6, 6.07) is 0. The van der Waals surface area contributed by atoms with Crippen molar-refractivity contribution in [3.8, 4) is 0 Å². The number of unbranched alkanes of at least 4 members (excludes halogenated alkanes) is 43. The van der Waals surface area contributed by atoms with Crippen LogP contribution in [0.5, 0.6) is 0 Å². The molecule has 0 radical (unpaired) electrons. The number of aliphatic hydroxyl groups excluding tert-OH is 1. The van der Waals surface area contributed by atoms with E-state index in [0.717, 1.165) is 120 Å². The van der Waals surface area contributed by atoms with Crippen LogP contribution in [0.1, 0.15) is 395 Å². The van der Waals surface area contributed by atoms with Crippen molar-refractivity contribution in [3.05, 3.63) is 0 Å². The zero-order chi connectivity index (χ0) is 70.9. The standard InChI is InChI=1S/C77H150O17P2/c1-8-9-10-11-34-44-51-58-74(79)87-64-72(93-77(82)61-54-47-40-33-27-30-37-43-50-57-70(6)7)66-91-95(83,84)89-62-71(78)63-90-96(85,86)92-67-73(65-88-75(80)59-52-45-38-31-25-22-18-20-24-29-36-42-49-56-69(4)5)94-76(81)60-53-46-39-32-26-21-17-15-13-12-14-16-19-23-28-35-41-48-55-68(2)3/h68-73,78H,8-67H2,1-7H3,(H,83,84)(H,85,86)/t71-,72+,73+/m0/s1. The van der Waals surface area contributed by atoms with E-state index in [1.807, 2.05) is 0 Å². The van der Waals surface area contributed by atoms with Crippen molar-refractivity contribution in [3.63, 3.8) is 0 Å². The second kappa shape index (κ2) is 67.5. The van der Waals surface area contributed by atoms with Gasteiger partial charge in [-0.1, -0.05) is 344 Å². The lowest BCUT2D eigenvalue weighted by Gasteiger charge is -2.21. The molecule has 0 aromatic rings. The van der Waals surface area contributed by atoms with Crippen LogP contribution in [0.4, 0.5) is 0 Å². The van der Waals surface area contributed by atoms with Gasteiger partial charge in [-0.25, -0.2) is 9.13 Å². The highest BCUT2D eigenvalue weighted by Gasteiger charge is 2.30. The summed E-state index contributed by atoms with van der Waals surface area (Å²) in [5.74, 6) is 0.226. The number of phosphoric acid groups is 2. The Morgan fingerprint density at radius 3 is 0.708 bits per heavy atom. The minimum atomic E-state index is -4.96. The molecule has 96 heavy (non-hydrogen) atoms. The van der Waals surface area contributed by atoms with Crippen LogP contribution in [0.15, 0.2) is 0 Å². The van der Waals surface area contributed by atoms with E-state index < -0.39 is 97.5 Å². The lowest BCUT2D eigenvalue weighted by Crippen LogP contribution is -2.30. The quantitative estimate of drug-likeness (QED) is 0.0222. The summed E-state index contributed by atoms with van der Waals surface area (Å²) in [7, 11) is -9.91. The average molecular weight is 1410 g/mol. The van der Waals surface area contributed by atoms with Gasteiger partial charge < -0.3 is 33.8 Å². The van der Waals surface area contributed by atoms with E-state index in [0.29, 0.717) is 25.7 Å². The topological polar surface area (TPSA) is 237 Å². The third-order valence-corrected chi connectivity index (χ3v) is 19.8. The molecule has 0 rings (SSSR count). The summed E-state index contributed by atoms with van der Waals surface area (Å²) < 4.78 is 68.4. The third-order valence-electron chi connectivity index (χ3n) is 17.9. The molecular formula is C77H150O17P2. The maximum Gasteiger partial charge on any atom is 0.472 e. The summed E-state index contributed by atoms with van der Waals surface area (Å²) in [5.41, 5.74) is 0. The highest BCUT2D eigenvalue weighted by atomic mass is 31.2. The predicted octanol–water partition coefficient (Wildman–Crippen LogP) is 22.6. The van der Waals surface area contributed by atoms with Crippen molar-refractivity contribution in [1.29, 1.82) is 0 Å². The van der Waals surface area contributed by atoms with Gasteiger partial charge in [0.05, 0.1) is 26.4 Å². The number of carbonyl (C=O) groups is 4. The Balaban J connectivity index is 5.17. The lowest BCUT2D eigenvalue weighted by atomic mass is 10.0. The summed E-state index contributed by atoms with van der Waals surface area (Å²) in [6.45, 7) is 11.9. The van der Waals surface area contributed by atoms with E-state index in [1.54, 1.807) is 0 Å². The van der Waals surface area contributed by atoms with Crippen molar-refractivity contribution in [1.82, 2.24) is 0 Å². The van der Waals surface area contributed by atoms with Crippen LogP contribution in [0, 0.1) is 17.8 Å². The number of hydrogen-bond donors (Lipinski definition) is 3. The fraction of sp³-hybridized carbons (Fsp3) is 0.948. The van der Waals surface area contributed by atoms with Crippen LogP contribution in [-0.2, 0) is 65.4 Å². The molecule has 0 fully saturated rings. The van der Waals surface area contributed by atoms with Gasteiger partial charge in [-0.2, -0.15) is 0 Å². The third kappa shape index (κ3) is 70.5. The summed E-state index contributed by atoms with van der Waals surface area (Å²) in [4.78, 5) is 72.7. The molecular weight excluding hydrogens is 1260 g/mol. The fourth-order valence-corrected chi connectivity index (χ4v) is 13.4. The molecule has 0 amide bonds. The fourth-order valence-electron chi connectivity index (χ4n) is 11.8. The largest absolute Gasteiger partial charge is 0.472 e. The first-order chi connectivity index (χ1) is 46.2. The molecule has 0 aromatic carbocycles. The van der Waals surface area contributed by atoms with Gasteiger partial charge in [0.25, 0.3) is 0 Å². The summed E-state index contributed by atoms with van der Waals surface area (Å²) in [5, 5.41) is 10.6. The number of rotatable bonds is 75. The van der Waals surface area contributed by atoms with Gasteiger partial charge in [0.15, 0.2) is 12.2 Å². The molecule has 0 aliphatic carbocycles. The number of esters is 4. The maximum atomic E-state index is 13.1. The van der Waals surface area contributed by atoms with Crippen molar-refractivity contribution < 1.29 is 80.2 Å². The van der Waals surface area contributed by atoms with Crippen LogP contribution in [0.2, 0.25) is 0 Å². The Morgan fingerprint density at radius 1 is 0.281 bits per heavy atom. The molecule has 0 saturated heterocycles. The molecule has 17 nitrogen and oxygen atoms in total. The number of aliphatic hydroxyl groups is 1. The molecule has 5 atom stereocenters. The Kier molecular flexibility index (Phi) is 66.2. The number of phosphoric ester groups is 2. The molecule has 0 heterocycles. The first-order valence-corrected chi connectivity index (χ1v) is 42.8. The molecule has 0 aliphatic rings. The van der Waals surface area contributed by atoms with Gasteiger partial charge in [0.1, 0.15) is 19.3 Å². The molecule has 0 bridgehead atoms. The number of carbonyl (C=O) groups excluding carboxylic acids is 4. The molecule has 0 spiro atoms. The SMILES string of the molecule is CCCCCCCCCC(=O)OC[C@H](COP(=O)(O)OC[C@H](O)COP(=O)(O)OC[C@@H](COC(=O)CCCCCCCCCCCCCCCC(C)C)OC(=O)CCCCCCCCCCCCCCCCCCCCC(C)C)OC(=O)CCCCCCCCCCCC(C)C. The van der Waals surface area contributed by atoms with E-state index in [4.69, 9.17) is 37.0 Å². The van der Waals surface area contributed by atoms with Crippen LogP contribution in [0.3, 0.4) is 0 Å².